The van der Waals surface area contributed by atoms with Gasteiger partial charge in [0.05, 0.1) is 7.11 Å². The van der Waals surface area contributed by atoms with Crippen molar-refractivity contribution in [3.8, 4) is 0 Å². The number of pyridine rings is 1. The fourth-order valence-electron chi connectivity index (χ4n) is 1.20. The summed E-state index contributed by atoms with van der Waals surface area (Å²) in [6.07, 6.45) is 0.584. The summed E-state index contributed by atoms with van der Waals surface area (Å²) in [4.78, 5) is 14.7. The van der Waals surface area contributed by atoms with E-state index < -0.39 is 18.1 Å². The zero-order valence-corrected chi connectivity index (χ0v) is 9.19. The van der Waals surface area contributed by atoms with Gasteiger partial charge in [0.15, 0.2) is 17.8 Å². The molecule has 0 aromatic carbocycles. The van der Waals surface area contributed by atoms with E-state index in [1.54, 1.807) is 0 Å². The highest BCUT2D eigenvalue weighted by atomic mass is 19.1. The average Bonchev–Trinajstić information content (AvgIpc) is 2.30. The van der Waals surface area contributed by atoms with Gasteiger partial charge in [0.25, 0.3) is 0 Å². The second-order valence-corrected chi connectivity index (χ2v) is 2.89. The first kappa shape index (κ1) is 12.5. The largest absolute Gasteiger partial charge is 0.464 e. The Balaban J connectivity index is 3.03. The fourth-order valence-corrected chi connectivity index (χ4v) is 1.20. The Kier molecular flexibility index (Phi) is 4.33. The van der Waals surface area contributed by atoms with Crippen molar-refractivity contribution in [3.63, 3.8) is 0 Å². The molecule has 0 amide bonds. The third kappa shape index (κ3) is 2.53. The maximum atomic E-state index is 13.4. The summed E-state index contributed by atoms with van der Waals surface area (Å²) in [5.41, 5.74) is 0.0207. The molecule has 5 nitrogen and oxygen atoms in total. The van der Waals surface area contributed by atoms with E-state index in [2.05, 4.69) is 9.72 Å². The second-order valence-electron chi connectivity index (χ2n) is 2.89. The molecule has 0 fully saturated rings. The topological polar surface area (TPSA) is 57.7 Å². The van der Waals surface area contributed by atoms with E-state index in [-0.39, 0.29) is 5.69 Å². The standard InChI is InChI=1S/C10H12FNO4/c1-14-9(13)8-7(11)4-6(5-12-8)10(15-2)16-3/h4-5,10H,1-3H3. The lowest BCUT2D eigenvalue weighted by Crippen LogP contribution is -2.10. The molecule has 0 radical (unpaired) electrons. The Morgan fingerprint density at radius 1 is 1.38 bits per heavy atom. The Morgan fingerprint density at radius 3 is 2.44 bits per heavy atom. The van der Waals surface area contributed by atoms with Crippen molar-refractivity contribution >= 4 is 5.97 Å². The normalized spacial score (nSPS) is 10.6. The number of halogens is 1. The number of carbonyl (C=O) groups is 1. The van der Waals surface area contributed by atoms with Gasteiger partial charge < -0.3 is 14.2 Å². The quantitative estimate of drug-likeness (QED) is 0.575. The number of hydrogen-bond donors (Lipinski definition) is 0. The van der Waals surface area contributed by atoms with Gasteiger partial charge >= 0.3 is 5.97 Å². The molecule has 0 N–H and O–H groups in total. The number of esters is 1. The van der Waals surface area contributed by atoms with E-state index in [0.29, 0.717) is 5.56 Å². The summed E-state index contributed by atoms with van der Waals surface area (Å²) in [5, 5.41) is 0. The van der Waals surface area contributed by atoms with Gasteiger partial charge in [-0.15, -0.1) is 0 Å². The number of ether oxygens (including phenoxy) is 3. The van der Waals surface area contributed by atoms with Crippen LogP contribution in [-0.4, -0.2) is 32.3 Å². The van der Waals surface area contributed by atoms with Crippen LogP contribution in [0, 0.1) is 5.82 Å². The lowest BCUT2D eigenvalue weighted by Gasteiger charge is -2.13. The summed E-state index contributed by atoms with van der Waals surface area (Å²) >= 11 is 0. The lowest BCUT2D eigenvalue weighted by atomic mass is 10.2. The number of hydrogen-bond acceptors (Lipinski definition) is 5. The Morgan fingerprint density at radius 2 is 2.00 bits per heavy atom. The molecule has 0 saturated heterocycles. The zero-order chi connectivity index (χ0) is 12.1. The molecule has 0 spiro atoms. The smallest absolute Gasteiger partial charge is 0.359 e. The highest BCUT2D eigenvalue weighted by Gasteiger charge is 2.17. The van der Waals surface area contributed by atoms with Crippen LogP contribution in [-0.2, 0) is 14.2 Å². The van der Waals surface area contributed by atoms with Crippen molar-refractivity contribution in [2.45, 2.75) is 6.29 Å². The SMILES string of the molecule is COC(=O)c1ncc(C(OC)OC)cc1F. The van der Waals surface area contributed by atoms with E-state index in [1.165, 1.54) is 20.4 Å². The monoisotopic (exact) mass is 229 g/mol. The molecule has 1 aromatic heterocycles. The van der Waals surface area contributed by atoms with E-state index in [9.17, 15) is 9.18 Å². The summed E-state index contributed by atoms with van der Waals surface area (Å²) < 4.78 is 27.7. The van der Waals surface area contributed by atoms with Crippen LogP contribution in [0.2, 0.25) is 0 Å². The maximum Gasteiger partial charge on any atom is 0.359 e. The first-order valence-corrected chi connectivity index (χ1v) is 4.43. The average molecular weight is 229 g/mol. The van der Waals surface area contributed by atoms with Crippen molar-refractivity contribution in [1.29, 1.82) is 0 Å². The van der Waals surface area contributed by atoms with Crippen LogP contribution in [0.3, 0.4) is 0 Å². The molecule has 0 aliphatic heterocycles. The van der Waals surface area contributed by atoms with Crippen molar-refractivity contribution < 1.29 is 23.4 Å². The number of methoxy groups -OCH3 is 3. The summed E-state index contributed by atoms with van der Waals surface area (Å²) in [6, 6.07) is 1.12. The van der Waals surface area contributed by atoms with Gasteiger partial charge in [-0.05, 0) is 6.07 Å². The van der Waals surface area contributed by atoms with Crippen LogP contribution in [0.25, 0.3) is 0 Å². The fraction of sp³-hybridized carbons (Fsp3) is 0.400. The molecule has 6 heteroatoms. The molecule has 88 valence electrons. The molecule has 0 unspecified atom stereocenters. The highest BCUT2D eigenvalue weighted by Crippen LogP contribution is 2.18. The van der Waals surface area contributed by atoms with Gasteiger partial charge in [-0.1, -0.05) is 0 Å². The molecule has 0 bridgehead atoms. The Labute approximate surface area is 92.1 Å². The minimum Gasteiger partial charge on any atom is -0.464 e. The van der Waals surface area contributed by atoms with E-state index in [4.69, 9.17) is 9.47 Å². The summed E-state index contributed by atoms with van der Waals surface area (Å²) in [5.74, 6) is -1.60. The van der Waals surface area contributed by atoms with Crippen LogP contribution in [0.4, 0.5) is 4.39 Å². The van der Waals surface area contributed by atoms with Crippen LogP contribution in [0.15, 0.2) is 12.3 Å². The van der Waals surface area contributed by atoms with Gasteiger partial charge in [-0.3, -0.25) is 0 Å². The van der Waals surface area contributed by atoms with Crippen LogP contribution in [0.1, 0.15) is 22.3 Å². The third-order valence-electron chi connectivity index (χ3n) is 1.94. The summed E-state index contributed by atoms with van der Waals surface area (Å²) in [7, 11) is 3.99. The molecule has 1 aromatic rings. The molecule has 16 heavy (non-hydrogen) atoms. The molecule has 0 atom stereocenters. The molecular weight excluding hydrogens is 217 g/mol. The molecule has 1 heterocycles. The van der Waals surface area contributed by atoms with Gasteiger partial charge in [-0.2, -0.15) is 0 Å². The summed E-state index contributed by atoms with van der Waals surface area (Å²) in [6.45, 7) is 0. The van der Waals surface area contributed by atoms with Crippen molar-refractivity contribution in [1.82, 2.24) is 4.98 Å². The number of rotatable bonds is 4. The van der Waals surface area contributed by atoms with Crippen LogP contribution in [0.5, 0.6) is 0 Å². The van der Waals surface area contributed by atoms with Crippen molar-refractivity contribution in [2.24, 2.45) is 0 Å². The first-order chi connectivity index (χ1) is 7.63. The number of nitrogens with zero attached hydrogens (tertiary/aromatic N) is 1. The predicted octanol–water partition coefficient (Wildman–Crippen LogP) is 1.30. The zero-order valence-electron chi connectivity index (χ0n) is 9.19. The molecule has 1 rings (SSSR count). The maximum absolute atomic E-state index is 13.4. The van der Waals surface area contributed by atoms with Gasteiger partial charge in [-0.25, -0.2) is 14.2 Å². The van der Waals surface area contributed by atoms with Gasteiger partial charge in [0.2, 0.25) is 0 Å². The molecule has 0 aliphatic carbocycles. The molecule has 0 aliphatic rings. The lowest BCUT2D eigenvalue weighted by molar-refractivity contribution is -0.106. The Hall–Kier alpha value is -1.53. The van der Waals surface area contributed by atoms with Gasteiger partial charge in [0, 0.05) is 26.0 Å². The van der Waals surface area contributed by atoms with E-state index in [0.717, 1.165) is 13.2 Å². The van der Waals surface area contributed by atoms with Crippen molar-refractivity contribution in [2.75, 3.05) is 21.3 Å². The number of carbonyl (C=O) groups excluding carboxylic acids is 1. The molecular formula is C10H12FNO4. The Bertz CT molecular complexity index is 379. The minimum absolute atomic E-state index is 0.364. The second kappa shape index (κ2) is 5.53. The predicted molar refractivity (Wildman–Crippen MR) is 52.3 cm³/mol. The van der Waals surface area contributed by atoms with Crippen LogP contribution < -0.4 is 0 Å². The number of aromatic nitrogens is 1. The van der Waals surface area contributed by atoms with E-state index in [1.807, 2.05) is 0 Å². The first-order valence-electron chi connectivity index (χ1n) is 4.43. The molecule has 0 saturated carbocycles. The van der Waals surface area contributed by atoms with E-state index >= 15 is 0 Å². The van der Waals surface area contributed by atoms with Crippen molar-refractivity contribution in [3.05, 3.63) is 29.3 Å². The van der Waals surface area contributed by atoms with Gasteiger partial charge in [0.1, 0.15) is 0 Å². The highest BCUT2D eigenvalue weighted by molar-refractivity contribution is 5.87. The van der Waals surface area contributed by atoms with Crippen LogP contribution >= 0.6 is 0 Å². The third-order valence-corrected chi connectivity index (χ3v) is 1.94. The minimum atomic E-state index is -0.824.